The summed E-state index contributed by atoms with van der Waals surface area (Å²) in [6.07, 6.45) is 21.5. The standard InChI is InChI=1S/C29H45F/c1-3-5-6-7-8-9-22-11-13-24-18-26(15-14-23(24)17-22)28-19-25-12-10-21(4-2)16-27(25)20-29(28)30/h19-24,26H,3-18H2,1-2H3. The van der Waals surface area contributed by atoms with Gasteiger partial charge in [0.1, 0.15) is 5.82 Å². The van der Waals surface area contributed by atoms with Gasteiger partial charge >= 0.3 is 0 Å². The molecule has 1 aromatic carbocycles. The van der Waals surface area contributed by atoms with E-state index in [4.69, 9.17) is 0 Å². The molecular formula is C29H45F. The Labute approximate surface area is 185 Å². The Balaban J connectivity index is 1.31. The Kier molecular flexibility index (Phi) is 7.93. The summed E-state index contributed by atoms with van der Waals surface area (Å²) in [5.41, 5.74) is 3.84. The summed E-state index contributed by atoms with van der Waals surface area (Å²) in [5, 5.41) is 0. The van der Waals surface area contributed by atoms with Crippen molar-refractivity contribution in [3.8, 4) is 0 Å². The van der Waals surface area contributed by atoms with Crippen LogP contribution in [0.1, 0.15) is 126 Å². The van der Waals surface area contributed by atoms with Crippen LogP contribution in [0.3, 0.4) is 0 Å². The molecule has 0 aromatic heterocycles. The summed E-state index contributed by atoms with van der Waals surface area (Å²) < 4.78 is 15.1. The molecule has 3 aliphatic rings. The van der Waals surface area contributed by atoms with E-state index in [-0.39, 0.29) is 5.82 Å². The largest absolute Gasteiger partial charge is 0.207 e. The van der Waals surface area contributed by atoms with Crippen LogP contribution in [0.2, 0.25) is 0 Å². The first-order valence-corrected chi connectivity index (χ1v) is 13.5. The summed E-state index contributed by atoms with van der Waals surface area (Å²) in [6.45, 7) is 4.58. The van der Waals surface area contributed by atoms with E-state index in [1.807, 2.05) is 6.07 Å². The molecule has 168 valence electrons. The summed E-state index contributed by atoms with van der Waals surface area (Å²) in [7, 11) is 0. The topological polar surface area (TPSA) is 0 Å². The van der Waals surface area contributed by atoms with Gasteiger partial charge in [0.05, 0.1) is 0 Å². The third-order valence-electron chi connectivity index (χ3n) is 9.10. The molecular weight excluding hydrogens is 367 g/mol. The average molecular weight is 413 g/mol. The summed E-state index contributed by atoms with van der Waals surface area (Å²) in [4.78, 5) is 0. The third kappa shape index (κ3) is 5.31. The van der Waals surface area contributed by atoms with Crippen LogP contribution in [0, 0.1) is 29.5 Å². The fourth-order valence-electron chi connectivity index (χ4n) is 7.10. The van der Waals surface area contributed by atoms with Crippen molar-refractivity contribution in [3.63, 3.8) is 0 Å². The molecule has 4 rings (SSSR count). The van der Waals surface area contributed by atoms with Gasteiger partial charge in [0.2, 0.25) is 0 Å². The molecule has 2 saturated carbocycles. The lowest BCUT2D eigenvalue weighted by atomic mass is 9.63. The minimum Gasteiger partial charge on any atom is -0.207 e. The first-order valence-electron chi connectivity index (χ1n) is 13.5. The molecule has 0 spiro atoms. The lowest BCUT2D eigenvalue weighted by Gasteiger charge is -2.42. The Morgan fingerprint density at radius 2 is 1.60 bits per heavy atom. The SMILES string of the molecule is CCCCCCCC1CCC2CC(c3cc4c(cc3F)CC(CC)CC4)CCC2C1. The zero-order valence-electron chi connectivity index (χ0n) is 19.7. The second kappa shape index (κ2) is 10.6. The molecule has 0 bridgehead atoms. The first-order chi connectivity index (χ1) is 14.7. The summed E-state index contributed by atoms with van der Waals surface area (Å²) >= 11 is 0. The van der Waals surface area contributed by atoms with Gasteiger partial charge in [0.25, 0.3) is 0 Å². The van der Waals surface area contributed by atoms with Gasteiger partial charge in [-0.25, -0.2) is 4.39 Å². The number of unbranched alkanes of at least 4 members (excludes halogenated alkanes) is 4. The molecule has 0 nitrogen and oxygen atoms in total. The van der Waals surface area contributed by atoms with Gasteiger partial charge in [-0.1, -0.05) is 71.3 Å². The average Bonchev–Trinajstić information content (AvgIpc) is 2.77. The number of hydrogen-bond donors (Lipinski definition) is 0. The molecule has 1 aromatic rings. The number of rotatable bonds is 8. The van der Waals surface area contributed by atoms with Gasteiger partial charge in [0, 0.05) is 0 Å². The summed E-state index contributed by atoms with van der Waals surface area (Å²) in [6, 6.07) is 4.22. The van der Waals surface area contributed by atoms with Crippen LogP contribution in [-0.4, -0.2) is 0 Å². The van der Waals surface area contributed by atoms with Crippen molar-refractivity contribution < 1.29 is 4.39 Å². The minimum absolute atomic E-state index is 0.106. The predicted octanol–water partition coefficient (Wildman–Crippen LogP) is 9.00. The Morgan fingerprint density at radius 1 is 0.800 bits per heavy atom. The van der Waals surface area contributed by atoms with Crippen LogP contribution in [0.5, 0.6) is 0 Å². The molecule has 30 heavy (non-hydrogen) atoms. The molecule has 0 N–H and O–H groups in total. The van der Waals surface area contributed by atoms with E-state index in [1.54, 1.807) is 0 Å². The lowest BCUT2D eigenvalue weighted by molar-refractivity contribution is 0.112. The van der Waals surface area contributed by atoms with Crippen LogP contribution < -0.4 is 0 Å². The molecule has 0 amide bonds. The maximum absolute atomic E-state index is 15.1. The van der Waals surface area contributed by atoms with Crippen molar-refractivity contribution >= 4 is 0 Å². The van der Waals surface area contributed by atoms with E-state index >= 15 is 4.39 Å². The van der Waals surface area contributed by atoms with Crippen LogP contribution in [-0.2, 0) is 12.8 Å². The normalized spacial score (nSPS) is 31.2. The van der Waals surface area contributed by atoms with Crippen LogP contribution in [0.15, 0.2) is 12.1 Å². The van der Waals surface area contributed by atoms with Crippen molar-refractivity contribution in [2.45, 2.75) is 122 Å². The molecule has 0 radical (unpaired) electrons. The zero-order chi connectivity index (χ0) is 20.9. The van der Waals surface area contributed by atoms with Gasteiger partial charge < -0.3 is 0 Å². The van der Waals surface area contributed by atoms with Crippen LogP contribution in [0.4, 0.5) is 4.39 Å². The van der Waals surface area contributed by atoms with Gasteiger partial charge in [-0.3, -0.25) is 0 Å². The molecule has 2 fully saturated rings. The highest BCUT2D eigenvalue weighted by Crippen LogP contribution is 2.49. The molecule has 3 aliphatic carbocycles. The highest BCUT2D eigenvalue weighted by atomic mass is 19.1. The fraction of sp³-hybridized carbons (Fsp3) is 0.793. The number of halogens is 1. The zero-order valence-corrected chi connectivity index (χ0v) is 19.7. The molecule has 1 heteroatoms. The van der Waals surface area contributed by atoms with Gasteiger partial charge in [-0.15, -0.1) is 0 Å². The van der Waals surface area contributed by atoms with Crippen LogP contribution >= 0.6 is 0 Å². The molecule has 0 saturated heterocycles. The minimum atomic E-state index is 0.106. The Hall–Kier alpha value is -0.850. The summed E-state index contributed by atoms with van der Waals surface area (Å²) in [5.74, 6) is 4.12. The van der Waals surface area contributed by atoms with Gasteiger partial charge in [0.15, 0.2) is 0 Å². The van der Waals surface area contributed by atoms with E-state index in [1.165, 1.54) is 107 Å². The number of hydrogen-bond acceptors (Lipinski definition) is 0. The monoisotopic (exact) mass is 412 g/mol. The Bertz CT molecular complexity index is 677. The lowest BCUT2D eigenvalue weighted by Crippen LogP contribution is -2.31. The number of aryl methyl sites for hydroxylation is 1. The van der Waals surface area contributed by atoms with E-state index < -0.39 is 0 Å². The van der Waals surface area contributed by atoms with Crippen molar-refractivity contribution in [1.29, 1.82) is 0 Å². The van der Waals surface area contributed by atoms with Crippen molar-refractivity contribution in [2.24, 2.45) is 23.7 Å². The highest BCUT2D eigenvalue weighted by molar-refractivity contribution is 5.37. The van der Waals surface area contributed by atoms with E-state index in [0.717, 1.165) is 35.7 Å². The van der Waals surface area contributed by atoms with Crippen molar-refractivity contribution in [2.75, 3.05) is 0 Å². The van der Waals surface area contributed by atoms with Crippen molar-refractivity contribution in [1.82, 2.24) is 0 Å². The van der Waals surface area contributed by atoms with E-state index in [2.05, 4.69) is 19.9 Å². The molecule has 5 atom stereocenters. The van der Waals surface area contributed by atoms with Crippen LogP contribution in [0.25, 0.3) is 0 Å². The number of benzene rings is 1. The second-order valence-corrected chi connectivity index (χ2v) is 11.1. The van der Waals surface area contributed by atoms with Gasteiger partial charge in [-0.05, 0) is 104 Å². The fourth-order valence-corrected chi connectivity index (χ4v) is 7.10. The molecule has 0 aliphatic heterocycles. The highest BCUT2D eigenvalue weighted by Gasteiger charge is 2.36. The molecule has 0 heterocycles. The third-order valence-corrected chi connectivity index (χ3v) is 9.10. The molecule has 5 unspecified atom stereocenters. The number of fused-ring (bicyclic) bond motifs is 2. The van der Waals surface area contributed by atoms with Gasteiger partial charge in [-0.2, -0.15) is 0 Å². The second-order valence-electron chi connectivity index (χ2n) is 11.1. The van der Waals surface area contributed by atoms with E-state index in [0.29, 0.717) is 5.92 Å². The predicted molar refractivity (Wildman–Crippen MR) is 126 cm³/mol. The Morgan fingerprint density at radius 3 is 2.43 bits per heavy atom. The quantitative estimate of drug-likeness (QED) is 0.374. The van der Waals surface area contributed by atoms with Crippen molar-refractivity contribution in [3.05, 3.63) is 34.6 Å². The smallest absolute Gasteiger partial charge is 0.126 e. The maximum atomic E-state index is 15.1. The first kappa shape index (κ1) is 22.3. The van der Waals surface area contributed by atoms with E-state index in [9.17, 15) is 0 Å². The maximum Gasteiger partial charge on any atom is 0.126 e.